The smallest absolute Gasteiger partial charge is 0.119 e. The molecular weight excluding hydrogens is 224 g/mol. The van der Waals surface area contributed by atoms with Gasteiger partial charge in [-0.1, -0.05) is 19.1 Å². The van der Waals surface area contributed by atoms with Crippen LogP contribution in [0.15, 0.2) is 24.3 Å². The zero-order valence-electron chi connectivity index (χ0n) is 12.2. The molecule has 0 amide bonds. The average molecular weight is 250 g/mol. The maximum absolute atomic E-state index is 5.98. The predicted octanol–water partition coefficient (Wildman–Crippen LogP) is 2.82. The van der Waals surface area contributed by atoms with Crippen LogP contribution in [0.4, 0.5) is 0 Å². The van der Waals surface area contributed by atoms with E-state index in [2.05, 4.69) is 39.8 Å². The van der Waals surface area contributed by atoms with E-state index in [4.69, 9.17) is 10.5 Å². The largest absolute Gasteiger partial charge is 0.492 e. The van der Waals surface area contributed by atoms with Gasteiger partial charge in [-0.05, 0) is 52.1 Å². The third kappa shape index (κ3) is 4.00. The lowest BCUT2D eigenvalue weighted by atomic mass is 10.1. The second-order valence-electron chi connectivity index (χ2n) is 5.58. The molecule has 18 heavy (non-hydrogen) atoms. The van der Waals surface area contributed by atoms with Crippen LogP contribution in [0.25, 0.3) is 0 Å². The third-order valence-corrected chi connectivity index (χ3v) is 3.55. The Morgan fingerprint density at radius 1 is 1.22 bits per heavy atom. The number of nitrogens with zero attached hydrogens (tertiary/aromatic N) is 1. The normalized spacial score (nSPS) is 13.7. The van der Waals surface area contributed by atoms with Crippen LogP contribution in [-0.4, -0.2) is 31.1 Å². The zero-order valence-corrected chi connectivity index (χ0v) is 12.2. The summed E-state index contributed by atoms with van der Waals surface area (Å²) in [7, 11) is 4.12. The lowest BCUT2D eigenvalue weighted by Crippen LogP contribution is -2.43. The molecule has 2 N–H and O–H groups in total. The van der Waals surface area contributed by atoms with Crippen molar-refractivity contribution in [3.05, 3.63) is 29.8 Å². The molecule has 0 aliphatic carbocycles. The number of likely N-dealkylation sites (N-methyl/N-ethyl adjacent to an activating group) is 1. The molecule has 0 spiro atoms. The second kappa shape index (κ2) is 6.21. The van der Waals surface area contributed by atoms with Crippen LogP contribution in [-0.2, 0) is 0 Å². The number of rotatable bonds is 6. The molecule has 102 valence electrons. The van der Waals surface area contributed by atoms with E-state index < -0.39 is 0 Å². The summed E-state index contributed by atoms with van der Waals surface area (Å²) in [6.45, 7) is 7.08. The molecular formula is C15H26N2O. The lowest BCUT2D eigenvalue weighted by Gasteiger charge is -2.32. The minimum absolute atomic E-state index is 0.0263. The van der Waals surface area contributed by atoms with E-state index in [0.717, 1.165) is 17.7 Å². The standard InChI is InChI=1S/C15H26N2O/c1-6-14(16)12-7-9-13(10-8-12)18-11-15(2,3)17(4)5/h7-10,14H,6,11,16H2,1-5H3/t14-/m1/s1. The van der Waals surface area contributed by atoms with Crippen molar-refractivity contribution in [2.24, 2.45) is 5.73 Å². The van der Waals surface area contributed by atoms with Crippen molar-refractivity contribution in [2.75, 3.05) is 20.7 Å². The Bertz CT molecular complexity index is 357. The number of nitrogens with two attached hydrogens (primary N) is 1. The van der Waals surface area contributed by atoms with Gasteiger partial charge in [0.2, 0.25) is 0 Å². The summed E-state index contributed by atoms with van der Waals surface area (Å²) >= 11 is 0. The highest BCUT2D eigenvalue weighted by atomic mass is 16.5. The average Bonchev–Trinajstić information content (AvgIpc) is 2.36. The van der Waals surface area contributed by atoms with Gasteiger partial charge in [-0.3, -0.25) is 0 Å². The molecule has 0 bridgehead atoms. The SMILES string of the molecule is CC[C@@H](N)c1ccc(OCC(C)(C)N(C)C)cc1. The van der Waals surface area contributed by atoms with Crippen molar-refractivity contribution < 1.29 is 4.74 Å². The summed E-state index contributed by atoms with van der Waals surface area (Å²) in [5, 5.41) is 0. The predicted molar refractivity (Wildman–Crippen MR) is 76.9 cm³/mol. The monoisotopic (exact) mass is 250 g/mol. The molecule has 0 fully saturated rings. The number of hydrogen-bond donors (Lipinski definition) is 1. The van der Waals surface area contributed by atoms with Crippen LogP contribution in [0.5, 0.6) is 5.75 Å². The quantitative estimate of drug-likeness (QED) is 0.843. The van der Waals surface area contributed by atoms with Gasteiger partial charge in [0.1, 0.15) is 12.4 Å². The van der Waals surface area contributed by atoms with Crippen molar-refractivity contribution in [2.45, 2.75) is 38.8 Å². The molecule has 3 nitrogen and oxygen atoms in total. The van der Waals surface area contributed by atoms with Gasteiger partial charge < -0.3 is 15.4 Å². The molecule has 0 aliphatic rings. The van der Waals surface area contributed by atoms with Crippen LogP contribution in [0.1, 0.15) is 38.8 Å². The third-order valence-electron chi connectivity index (χ3n) is 3.55. The molecule has 1 atom stereocenters. The van der Waals surface area contributed by atoms with Gasteiger partial charge in [-0.25, -0.2) is 0 Å². The first-order valence-corrected chi connectivity index (χ1v) is 6.52. The Morgan fingerprint density at radius 3 is 2.22 bits per heavy atom. The number of ether oxygens (including phenoxy) is 1. The van der Waals surface area contributed by atoms with Gasteiger partial charge in [0, 0.05) is 11.6 Å². The van der Waals surface area contributed by atoms with Crippen molar-refractivity contribution in [3.8, 4) is 5.75 Å². The molecule has 0 aromatic heterocycles. The van der Waals surface area contributed by atoms with E-state index in [-0.39, 0.29) is 11.6 Å². The highest BCUT2D eigenvalue weighted by Gasteiger charge is 2.21. The van der Waals surface area contributed by atoms with Crippen molar-refractivity contribution >= 4 is 0 Å². The first kappa shape index (κ1) is 15.0. The minimum Gasteiger partial charge on any atom is -0.492 e. The first-order chi connectivity index (χ1) is 8.36. The van der Waals surface area contributed by atoms with Crippen molar-refractivity contribution in [1.29, 1.82) is 0 Å². The van der Waals surface area contributed by atoms with Crippen LogP contribution in [0.3, 0.4) is 0 Å². The van der Waals surface area contributed by atoms with Crippen LogP contribution in [0.2, 0.25) is 0 Å². The molecule has 1 aromatic rings. The van der Waals surface area contributed by atoms with E-state index in [0.29, 0.717) is 6.61 Å². The molecule has 0 heterocycles. The maximum Gasteiger partial charge on any atom is 0.119 e. The summed E-state index contributed by atoms with van der Waals surface area (Å²) in [4.78, 5) is 2.16. The summed E-state index contributed by atoms with van der Waals surface area (Å²) in [5.41, 5.74) is 7.17. The second-order valence-corrected chi connectivity index (χ2v) is 5.58. The van der Waals surface area contributed by atoms with Crippen LogP contribution >= 0.6 is 0 Å². The number of benzene rings is 1. The van der Waals surface area contributed by atoms with Crippen molar-refractivity contribution in [3.63, 3.8) is 0 Å². The Balaban J connectivity index is 2.59. The fourth-order valence-electron chi connectivity index (χ4n) is 1.44. The van der Waals surface area contributed by atoms with Gasteiger partial charge in [-0.15, -0.1) is 0 Å². The summed E-state index contributed by atoms with van der Waals surface area (Å²) in [6.07, 6.45) is 0.952. The van der Waals surface area contributed by atoms with Gasteiger partial charge in [0.15, 0.2) is 0 Å². The molecule has 3 heteroatoms. The topological polar surface area (TPSA) is 38.5 Å². The van der Waals surface area contributed by atoms with E-state index in [9.17, 15) is 0 Å². The van der Waals surface area contributed by atoms with Crippen molar-refractivity contribution in [1.82, 2.24) is 4.90 Å². The molecule has 1 rings (SSSR count). The Kier molecular flexibility index (Phi) is 5.17. The highest BCUT2D eigenvalue weighted by molar-refractivity contribution is 5.29. The molecule has 0 aliphatic heterocycles. The van der Waals surface area contributed by atoms with E-state index in [1.165, 1.54) is 0 Å². The molecule has 0 saturated heterocycles. The molecule has 0 radical (unpaired) electrons. The van der Waals surface area contributed by atoms with Crippen LogP contribution in [0, 0.1) is 0 Å². The first-order valence-electron chi connectivity index (χ1n) is 6.52. The number of hydrogen-bond acceptors (Lipinski definition) is 3. The van der Waals surface area contributed by atoms with Gasteiger partial charge in [0.05, 0.1) is 0 Å². The zero-order chi connectivity index (χ0) is 13.8. The van der Waals surface area contributed by atoms with Gasteiger partial charge in [-0.2, -0.15) is 0 Å². The Labute approximate surface area is 111 Å². The molecule has 0 unspecified atom stereocenters. The molecule has 0 saturated carbocycles. The van der Waals surface area contributed by atoms with Crippen LogP contribution < -0.4 is 10.5 Å². The maximum atomic E-state index is 5.98. The minimum atomic E-state index is 0.0263. The fraction of sp³-hybridized carbons (Fsp3) is 0.600. The Hall–Kier alpha value is -1.06. The summed E-state index contributed by atoms with van der Waals surface area (Å²) in [5.74, 6) is 0.900. The summed E-state index contributed by atoms with van der Waals surface area (Å²) in [6, 6.07) is 8.21. The highest BCUT2D eigenvalue weighted by Crippen LogP contribution is 2.20. The van der Waals surface area contributed by atoms with E-state index >= 15 is 0 Å². The lowest BCUT2D eigenvalue weighted by molar-refractivity contribution is 0.114. The summed E-state index contributed by atoms with van der Waals surface area (Å²) < 4.78 is 5.82. The van der Waals surface area contributed by atoms with Gasteiger partial charge in [0.25, 0.3) is 0 Å². The van der Waals surface area contributed by atoms with Gasteiger partial charge >= 0.3 is 0 Å². The Morgan fingerprint density at radius 2 is 1.78 bits per heavy atom. The van der Waals surface area contributed by atoms with E-state index in [1.807, 2.05) is 24.3 Å². The van der Waals surface area contributed by atoms with E-state index in [1.54, 1.807) is 0 Å². The fourth-order valence-corrected chi connectivity index (χ4v) is 1.44. The molecule has 1 aromatic carbocycles.